The Balaban J connectivity index is 1.88. The summed E-state index contributed by atoms with van der Waals surface area (Å²) >= 11 is 0. The minimum Gasteiger partial charge on any atom is -0.372 e. The van der Waals surface area contributed by atoms with Gasteiger partial charge in [-0.2, -0.15) is 4.98 Å². The van der Waals surface area contributed by atoms with E-state index in [0.29, 0.717) is 30.0 Å². The van der Waals surface area contributed by atoms with Gasteiger partial charge in [-0.15, -0.1) is 0 Å². The van der Waals surface area contributed by atoms with Gasteiger partial charge in [0.25, 0.3) is 0 Å². The van der Waals surface area contributed by atoms with E-state index in [0.717, 1.165) is 24.4 Å². The highest BCUT2D eigenvalue weighted by molar-refractivity contribution is 5.92. The largest absolute Gasteiger partial charge is 0.372 e. The number of piperazine rings is 1. The monoisotopic (exact) mass is 520 g/mol. The average molecular weight is 521 g/mol. The molecule has 0 spiro atoms. The molecule has 2 aliphatic heterocycles. The Labute approximate surface area is 221 Å². The summed E-state index contributed by atoms with van der Waals surface area (Å²) in [6.45, 7) is 11.1. The lowest BCUT2D eigenvalue weighted by molar-refractivity contribution is 0.275. The number of fused-ring (bicyclic) bond motifs is 1. The highest BCUT2D eigenvalue weighted by Crippen LogP contribution is 2.36. The molecule has 1 saturated heterocycles. The molecule has 5 rings (SSSR count). The van der Waals surface area contributed by atoms with Gasteiger partial charge >= 0.3 is 5.69 Å². The van der Waals surface area contributed by atoms with Crippen molar-refractivity contribution < 1.29 is 8.78 Å². The molecular formula is C29H34F2N6O. The van der Waals surface area contributed by atoms with Gasteiger partial charge in [-0.25, -0.2) is 23.1 Å². The number of hydrogen-bond acceptors (Lipinski definition) is 6. The van der Waals surface area contributed by atoms with Crippen LogP contribution in [0.5, 0.6) is 0 Å². The zero-order chi connectivity index (χ0) is 27.3. The van der Waals surface area contributed by atoms with Gasteiger partial charge in [0.05, 0.1) is 11.1 Å². The number of pyridine rings is 1. The maximum Gasteiger partial charge on any atom is 0.355 e. The zero-order valence-corrected chi connectivity index (χ0v) is 22.8. The molecule has 9 heteroatoms. The number of hydrogen-bond donors (Lipinski definition) is 0. The summed E-state index contributed by atoms with van der Waals surface area (Å²) in [6.07, 6.45) is 2.05. The molecule has 0 aliphatic carbocycles. The first-order chi connectivity index (χ1) is 18.1. The smallest absolute Gasteiger partial charge is 0.355 e. The summed E-state index contributed by atoms with van der Waals surface area (Å²) in [6, 6.07) is 7.38. The van der Waals surface area contributed by atoms with E-state index in [1.165, 1.54) is 22.8 Å². The van der Waals surface area contributed by atoms with Crippen LogP contribution in [-0.2, 0) is 0 Å². The fourth-order valence-corrected chi connectivity index (χ4v) is 5.68. The second kappa shape index (κ2) is 9.94. The van der Waals surface area contributed by atoms with E-state index in [1.807, 2.05) is 25.9 Å². The second-order valence-electron chi connectivity index (χ2n) is 10.7. The van der Waals surface area contributed by atoms with Crippen LogP contribution in [0.15, 0.2) is 52.5 Å². The van der Waals surface area contributed by atoms with Gasteiger partial charge in [-0.1, -0.05) is 32.1 Å². The van der Waals surface area contributed by atoms with Crippen LogP contribution in [0.4, 0.5) is 14.6 Å². The quantitative estimate of drug-likeness (QED) is 0.502. The zero-order valence-electron chi connectivity index (χ0n) is 22.8. The van der Waals surface area contributed by atoms with E-state index < -0.39 is 17.3 Å². The van der Waals surface area contributed by atoms with Gasteiger partial charge in [0, 0.05) is 50.5 Å². The van der Waals surface area contributed by atoms with Crippen molar-refractivity contribution in [3.8, 4) is 11.3 Å². The molecule has 200 valence electrons. The van der Waals surface area contributed by atoms with Gasteiger partial charge < -0.3 is 14.7 Å². The number of aromatic nitrogens is 3. The van der Waals surface area contributed by atoms with Crippen molar-refractivity contribution >= 4 is 22.5 Å². The fourth-order valence-electron chi connectivity index (χ4n) is 5.68. The average Bonchev–Trinajstić information content (AvgIpc) is 2.86. The minimum absolute atomic E-state index is 0.0447. The number of allylic oxidation sites excluding steroid dienone is 3. The summed E-state index contributed by atoms with van der Waals surface area (Å²) in [5.74, 6) is -0.733. The van der Waals surface area contributed by atoms with Gasteiger partial charge in [0.1, 0.15) is 23.1 Å². The molecule has 2 aliphatic rings. The van der Waals surface area contributed by atoms with Crippen LogP contribution in [0.1, 0.15) is 27.7 Å². The van der Waals surface area contributed by atoms with Gasteiger partial charge in [-0.05, 0) is 50.6 Å². The van der Waals surface area contributed by atoms with E-state index in [9.17, 15) is 9.18 Å². The van der Waals surface area contributed by atoms with E-state index >= 15 is 4.39 Å². The second-order valence-corrected chi connectivity index (χ2v) is 10.7. The summed E-state index contributed by atoms with van der Waals surface area (Å²) in [5, 5.41) is 0.426. The Bertz CT molecular complexity index is 1530. The van der Waals surface area contributed by atoms with E-state index in [-0.39, 0.29) is 28.9 Å². The molecular weight excluding hydrogens is 486 g/mol. The molecule has 1 aromatic carbocycles. The van der Waals surface area contributed by atoms with E-state index in [1.54, 1.807) is 12.1 Å². The van der Waals surface area contributed by atoms with Crippen LogP contribution < -0.4 is 10.6 Å². The fraction of sp³-hybridized carbons (Fsp3) is 0.414. The van der Waals surface area contributed by atoms with Crippen molar-refractivity contribution in [3.63, 3.8) is 0 Å². The van der Waals surface area contributed by atoms with Crippen LogP contribution in [-0.4, -0.2) is 70.7 Å². The number of likely N-dealkylation sites (N-methyl/N-ethyl adjacent to an activating group) is 2. The van der Waals surface area contributed by atoms with Crippen molar-refractivity contribution in [2.24, 2.45) is 5.92 Å². The predicted molar refractivity (Wildman–Crippen MR) is 148 cm³/mol. The molecule has 1 unspecified atom stereocenters. The first-order valence-corrected chi connectivity index (χ1v) is 13.0. The Hall–Kier alpha value is -3.59. The number of anilines is 1. The Morgan fingerprint density at radius 2 is 1.79 bits per heavy atom. The Kier molecular flexibility index (Phi) is 6.81. The van der Waals surface area contributed by atoms with Gasteiger partial charge in [-0.3, -0.25) is 0 Å². The molecule has 7 nitrogen and oxygen atoms in total. The van der Waals surface area contributed by atoms with E-state index in [4.69, 9.17) is 0 Å². The molecule has 0 saturated carbocycles. The van der Waals surface area contributed by atoms with Crippen molar-refractivity contribution in [3.05, 3.63) is 69.8 Å². The molecule has 0 bridgehead atoms. The van der Waals surface area contributed by atoms with Crippen LogP contribution in [0.25, 0.3) is 28.0 Å². The summed E-state index contributed by atoms with van der Waals surface area (Å²) in [7, 11) is 4.03. The van der Waals surface area contributed by atoms with Crippen molar-refractivity contribution in [1.82, 2.24) is 24.3 Å². The van der Waals surface area contributed by atoms with E-state index in [2.05, 4.69) is 46.6 Å². The lowest BCUT2D eigenvalue weighted by Crippen LogP contribution is -2.51. The first-order valence-electron chi connectivity index (χ1n) is 13.0. The summed E-state index contributed by atoms with van der Waals surface area (Å²) in [4.78, 5) is 29.5. The maximum absolute atomic E-state index is 15.7. The van der Waals surface area contributed by atoms with Crippen LogP contribution in [0, 0.1) is 17.6 Å². The van der Waals surface area contributed by atoms with Crippen LogP contribution >= 0.6 is 0 Å². The molecule has 2 aromatic heterocycles. The number of rotatable bonds is 4. The predicted octanol–water partition coefficient (Wildman–Crippen LogP) is 4.59. The standard InChI is InChI=1S/C29H34F2N6O/c1-17(2)25-26(18(3)11-12-35(25)6)37-28-21(15-23(31)24(32-28)20-9-7-8-10-22(20)30)27(33-29(37)38)36-14-13-34(5)16-19(36)4/h7-11,15,17,19H,12-14,16H2,1-6H3. The van der Waals surface area contributed by atoms with Crippen molar-refractivity contribution in [2.75, 3.05) is 45.2 Å². The highest BCUT2D eigenvalue weighted by Gasteiger charge is 2.30. The molecule has 1 fully saturated rings. The molecule has 0 amide bonds. The number of nitrogens with zero attached hydrogens (tertiary/aromatic N) is 6. The molecule has 0 radical (unpaired) electrons. The molecule has 4 heterocycles. The number of benzene rings is 1. The molecule has 1 atom stereocenters. The Morgan fingerprint density at radius 3 is 2.47 bits per heavy atom. The van der Waals surface area contributed by atoms with Gasteiger partial charge in [0.15, 0.2) is 5.65 Å². The lowest BCUT2D eigenvalue weighted by atomic mass is 9.99. The third-order valence-corrected chi connectivity index (χ3v) is 7.50. The third kappa shape index (κ3) is 4.38. The van der Waals surface area contributed by atoms with Crippen molar-refractivity contribution in [1.29, 1.82) is 0 Å². The SMILES string of the molecule is CC1=CCN(C)C(C(C)C)=C1n1c(=O)nc(N2CCN(C)CC2C)c2cc(F)c(-c3ccccc3F)nc21. The van der Waals surface area contributed by atoms with Crippen LogP contribution in [0.3, 0.4) is 0 Å². The first kappa shape index (κ1) is 26.0. The molecule has 38 heavy (non-hydrogen) atoms. The summed E-state index contributed by atoms with van der Waals surface area (Å²) in [5.41, 5.74) is 2.25. The Morgan fingerprint density at radius 1 is 1.05 bits per heavy atom. The normalized spacial score (nSPS) is 19.1. The minimum atomic E-state index is -0.663. The lowest BCUT2D eigenvalue weighted by Gasteiger charge is -2.39. The highest BCUT2D eigenvalue weighted by atomic mass is 19.1. The van der Waals surface area contributed by atoms with Crippen LogP contribution in [0.2, 0.25) is 0 Å². The number of halogens is 2. The third-order valence-electron chi connectivity index (χ3n) is 7.50. The molecule has 0 N–H and O–H groups in total. The topological polar surface area (TPSA) is 57.5 Å². The maximum atomic E-state index is 15.7. The summed E-state index contributed by atoms with van der Waals surface area (Å²) < 4.78 is 32.0. The molecule has 3 aromatic rings. The van der Waals surface area contributed by atoms with Gasteiger partial charge in [0.2, 0.25) is 0 Å². The van der Waals surface area contributed by atoms with Crippen molar-refractivity contribution in [2.45, 2.75) is 33.7 Å².